The minimum atomic E-state index is -4.51. The summed E-state index contributed by atoms with van der Waals surface area (Å²) in [7, 11) is -4.51. The second-order valence-electron chi connectivity index (χ2n) is 18.5. The summed E-state index contributed by atoms with van der Waals surface area (Å²) in [6, 6.07) is 14.9. The SMILES string of the molecule is CCCC[C@H](NC(=O)[C@H](Cc1ccc(S(=O)(=O)O)cc1)NC(=O)OC(C)(C)C)C(=O)NCC(=O)N[C@@H](Cc1c[nH]c2ccccc12)C(=O)N[C@@H](CCCC)C(=O)N[C@@H](CC(=O)O)C(=O)NCCc1ccccc1. The van der Waals surface area contributed by atoms with E-state index in [1.807, 2.05) is 62.4 Å². The zero-order valence-corrected chi connectivity index (χ0v) is 42.6. The minimum Gasteiger partial charge on any atom is -0.481 e. The predicted molar refractivity (Wildman–Crippen MR) is 270 cm³/mol. The van der Waals surface area contributed by atoms with Crippen LogP contribution in [0.3, 0.4) is 0 Å². The first kappa shape index (κ1) is 58.2. The number of rotatable bonds is 28. The predicted octanol–water partition coefficient (Wildman–Crippen LogP) is 3.36. The maximum atomic E-state index is 14.3. The molecule has 0 aliphatic rings. The number of unbranched alkanes of at least 4 members (excludes halogenated alkanes) is 2. The number of carboxylic acid groups (broad SMARTS) is 1. The van der Waals surface area contributed by atoms with Crippen molar-refractivity contribution in [2.75, 3.05) is 13.1 Å². The number of benzene rings is 3. The molecule has 22 heteroatoms. The number of hydrogen-bond donors (Lipinski definition) is 10. The van der Waals surface area contributed by atoms with Crippen LogP contribution in [0.4, 0.5) is 4.79 Å². The topological polar surface area (TPSA) is 320 Å². The van der Waals surface area contributed by atoms with E-state index in [1.54, 1.807) is 33.0 Å². The summed E-state index contributed by atoms with van der Waals surface area (Å²) in [5, 5.41) is 28.6. The Morgan fingerprint density at radius 2 is 1.18 bits per heavy atom. The molecule has 3 aromatic carbocycles. The highest BCUT2D eigenvalue weighted by molar-refractivity contribution is 7.85. The van der Waals surface area contributed by atoms with Crippen LogP contribution in [0.25, 0.3) is 10.9 Å². The maximum Gasteiger partial charge on any atom is 0.408 e. The molecular formula is C51H68N8O13S. The molecule has 0 spiro atoms. The first-order valence-electron chi connectivity index (χ1n) is 24.2. The Labute approximate surface area is 424 Å². The Balaban J connectivity index is 1.51. The number of carbonyl (C=O) groups is 8. The highest BCUT2D eigenvalue weighted by atomic mass is 32.2. The number of amides is 7. The third-order valence-electron chi connectivity index (χ3n) is 11.4. The van der Waals surface area contributed by atoms with E-state index >= 15 is 0 Å². The lowest BCUT2D eigenvalue weighted by atomic mass is 10.0. The van der Waals surface area contributed by atoms with Gasteiger partial charge in [0, 0.05) is 36.5 Å². The van der Waals surface area contributed by atoms with Gasteiger partial charge in [-0.1, -0.05) is 100 Å². The fourth-order valence-corrected chi connectivity index (χ4v) is 8.09. The van der Waals surface area contributed by atoms with Crippen molar-refractivity contribution in [1.29, 1.82) is 0 Å². The molecule has 396 valence electrons. The van der Waals surface area contributed by atoms with Gasteiger partial charge in [0.2, 0.25) is 35.4 Å². The lowest BCUT2D eigenvalue weighted by Gasteiger charge is -2.26. The molecule has 10 N–H and O–H groups in total. The number of ether oxygens (including phenoxy) is 1. The first-order valence-corrected chi connectivity index (χ1v) is 25.6. The number of fused-ring (bicyclic) bond motifs is 1. The Hall–Kier alpha value is -7.33. The van der Waals surface area contributed by atoms with Crippen molar-refractivity contribution in [3.05, 3.63) is 102 Å². The smallest absolute Gasteiger partial charge is 0.408 e. The molecule has 21 nitrogen and oxygen atoms in total. The second-order valence-corrected chi connectivity index (χ2v) is 19.9. The molecule has 0 aliphatic carbocycles. The summed E-state index contributed by atoms with van der Waals surface area (Å²) in [5.41, 5.74) is 1.77. The summed E-state index contributed by atoms with van der Waals surface area (Å²) in [4.78, 5) is 110. The molecule has 0 radical (unpaired) electrons. The average molecular weight is 1030 g/mol. The lowest BCUT2D eigenvalue weighted by Crippen LogP contribution is -2.58. The number of aromatic nitrogens is 1. The molecule has 7 amide bonds. The van der Waals surface area contributed by atoms with Crippen LogP contribution in [-0.4, -0.2) is 119 Å². The van der Waals surface area contributed by atoms with Gasteiger partial charge in [-0.25, -0.2) is 4.79 Å². The molecule has 0 fully saturated rings. The Kier molecular flexibility index (Phi) is 22.4. The standard InChI is InChI=1S/C51H68N8O13S/c1-6-8-18-38(56-48(66)40(59-50(68)72-51(3,4)5)27-33-21-23-35(24-22-33)73(69,70)71)45(63)54-31-43(60)55-41(28-34-30-53-37-20-14-13-17-36(34)37)49(67)57-39(19-9-7-2)47(65)58-42(29-44(61)62)46(64)52-26-25-32-15-11-10-12-16-32/h10-17,20-24,30,38-42,53H,6-9,18-19,25-29,31H2,1-5H3,(H,52,64)(H,54,63)(H,55,60)(H,56,66)(H,57,67)(H,58,65)(H,59,68)(H,61,62)(H,69,70,71)/t38-,39-,40-,41-,42-/m0/s1. The van der Waals surface area contributed by atoms with E-state index in [-0.39, 0.29) is 37.1 Å². The van der Waals surface area contributed by atoms with E-state index in [0.717, 1.165) is 28.6 Å². The first-order chi connectivity index (χ1) is 34.6. The average Bonchev–Trinajstić information content (AvgIpc) is 3.74. The molecule has 5 atom stereocenters. The van der Waals surface area contributed by atoms with Gasteiger partial charge >= 0.3 is 12.1 Å². The quantitative estimate of drug-likeness (QED) is 0.0366. The summed E-state index contributed by atoms with van der Waals surface area (Å²) in [5.74, 6) is -6.04. The van der Waals surface area contributed by atoms with E-state index < -0.39 is 106 Å². The van der Waals surface area contributed by atoms with E-state index in [9.17, 15) is 56.4 Å². The number of H-pyrrole nitrogens is 1. The monoisotopic (exact) mass is 1030 g/mol. The Morgan fingerprint density at radius 1 is 0.630 bits per heavy atom. The molecular weight excluding hydrogens is 965 g/mol. The molecule has 0 unspecified atom stereocenters. The summed E-state index contributed by atoms with van der Waals surface area (Å²) in [6.07, 6.45) is 2.55. The molecule has 4 rings (SSSR count). The van der Waals surface area contributed by atoms with Gasteiger partial charge in [-0.2, -0.15) is 8.42 Å². The zero-order chi connectivity index (χ0) is 53.7. The van der Waals surface area contributed by atoms with Crippen LogP contribution in [0.1, 0.15) is 96.3 Å². The van der Waals surface area contributed by atoms with Crippen LogP contribution in [0.5, 0.6) is 0 Å². The van der Waals surface area contributed by atoms with Crippen molar-refractivity contribution < 1.29 is 61.2 Å². The van der Waals surface area contributed by atoms with Crippen LogP contribution in [0.2, 0.25) is 0 Å². The zero-order valence-electron chi connectivity index (χ0n) is 41.7. The fraction of sp³-hybridized carbons (Fsp3) is 0.451. The Bertz CT molecular complexity index is 2640. The van der Waals surface area contributed by atoms with E-state index in [0.29, 0.717) is 43.2 Å². The van der Waals surface area contributed by atoms with Gasteiger partial charge < -0.3 is 52.0 Å². The summed E-state index contributed by atoms with van der Waals surface area (Å²) >= 11 is 0. The largest absolute Gasteiger partial charge is 0.481 e. The number of aromatic amines is 1. The van der Waals surface area contributed by atoms with Crippen molar-refractivity contribution in [2.45, 2.75) is 140 Å². The molecule has 0 aliphatic heterocycles. The van der Waals surface area contributed by atoms with Crippen molar-refractivity contribution >= 4 is 68.5 Å². The third-order valence-corrected chi connectivity index (χ3v) is 12.2. The van der Waals surface area contributed by atoms with E-state index in [4.69, 9.17) is 4.74 Å². The van der Waals surface area contributed by atoms with Crippen molar-refractivity contribution in [2.24, 2.45) is 0 Å². The number of hydrogen-bond acceptors (Lipinski definition) is 11. The van der Waals surface area contributed by atoms with Gasteiger partial charge in [0.05, 0.1) is 17.9 Å². The second kappa shape index (κ2) is 28.1. The molecule has 1 heterocycles. The van der Waals surface area contributed by atoms with Gasteiger partial charge in [0.1, 0.15) is 35.8 Å². The molecule has 1 aromatic heterocycles. The number of aliphatic carboxylic acids is 1. The van der Waals surface area contributed by atoms with Crippen molar-refractivity contribution in [3.63, 3.8) is 0 Å². The third kappa shape index (κ3) is 20.0. The normalized spacial score (nSPS) is 13.5. The van der Waals surface area contributed by atoms with E-state index in [1.165, 1.54) is 12.1 Å². The van der Waals surface area contributed by atoms with Crippen LogP contribution < -0.4 is 37.2 Å². The van der Waals surface area contributed by atoms with Crippen LogP contribution in [0.15, 0.2) is 90.0 Å². The number of alkyl carbamates (subject to hydrolysis) is 1. The number of carboxylic acids is 1. The maximum absolute atomic E-state index is 14.3. The summed E-state index contributed by atoms with van der Waals surface area (Å²) in [6.45, 7) is 8.11. The molecule has 73 heavy (non-hydrogen) atoms. The number of para-hydroxylation sites is 1. The van der Waals surface area contributed by atoms with Gasteiger partial charge in [-0.05, 0) is 74.9 Å². The van der Waals surface area contributed by atoms with Crippen LogP contribution >= 0.6 is 0 Å². The number of carbonyl (C=O) groups excluding carboxylic acids is 7. The van der Waals surface area contributed by atoms with Gasteiger partial charge in [-0.15, -0.1) is 0 Å². The molecule has 0 saturated carbocycles. The fourth-order valence-electron chi connectivity index (χ4n) is 7.61. The van der Waals surface area contributed by atoms with Crippen LogP contribution in [-0.2, 0) is 67.7 Å². The van der Waals surface area contributed by atoms with Crippen molar-refractivity contribution in [3.8, 4) is 0 Å². The molecule has 0 bridgehead atoms. The van der Waals surface area contributed by atoms with Crippen molar-refractivity contribution in [1.82, 2.24) is 42.2 Å². The molecule has 4 aromatic rings. The van der Waals surface area contributed by atoms with Gasteiger partial charge in [0.25, 0.3) is 10.1 Å². The minimum absolute atomic E-state index is 0.0805. The number of nitrogens with one attached hydrogen (secondary N) is 8. The van der Waals surface area contributed by atoms with Gasteiger partial charge in [0.15, 0.2) is 0 Å². The molecule has 0 saturated heterocycles. The highest BCUT2D eigenvalue weighted by Crippen LogP contribution is 2.20. The van der Waals surface area contributed by atoms with Gasteiger partial charge in [-0.3, -0.25) is 38.1 Å². The van der Waals surface area contributed by atoms with E-state index in [2.05, 4.69) is 42.2 Å². The van der Waals surface area contributed by atoms with Crippen LogP contribution in [0, 0.1) is 0 Å². The Morgan fingerprint density at radius 3 is 1.77 bits per heavy atom. The lowest BCUT2D eigenvalue weighted by molar-refractivity contribution is -0.141. The highest BCUT2D eigenvalue weighted by Gasteiger charge is 2.33. The summed E-state index contributed by atoms with van der Waals surface area (Å²) < 4.78 is 38.0.